The Kier molecular flexibility index (Phi) is 20.8. The number of amidine groups is 2. The van der Waals surface area contributed by atoms with E-state index in [1.54, 1.807) is 69.5 Å². The van der Waals surface area contributed by atoms with Crippen molar-refractivity contribution in [2.45, 2.75) is 31.1 Å². The van der Waals surface area contributed by atoms with Crippen LogP contribution in [0.5, 0.6) is 23.0 Å². The minimum absolute atomic E-state index is 0.0865. The topological polar surface area (TPSA) is 279 Å². The van der Waals surface area contributed by atoms with E-state index in [-0.39, 0.29) is 93.3 Å². The molecule has 14 rings (SSSR count). The quantitative estimate of drug-likeness (QED) is 0.0432. The number of thiazole rings is 1. The number of piperazine rings is 2. The number of esters is 2. The molecule has 104 heavy (non-hydrogen) atoms. The second kappa shape index (κ2) is 30.4. The number of aryl methyl sites for hydroxylation is 1. The van der Waals surface area contributed by atoms with Crippen molar-refractivity contribution in [1.29, 1.82) is 0 Å². The Morgan fingerprint density at radius 2 is 1.15 bits per heavy atom. The zero-order valence-corrected chi connectivity index (χ0v) is 57.8. The van der Waals surface area contributed by atoms with Crippen LogP contribution in [0, 0.1) is 23.3 Å². The number of carboxylic acid groups (broad SMARTS) is 2. The number of rotatable bonds is 19. The number of ether oxygens (including phenoxy) is 4. The molecule has 0 radical (unpaired) electrons. The van der Waals surface area contributed by atoms with E-state index in [1.807, 2.05) is 24.1 Å². The van der Waals surface area contributed by atoms with Gasteiger partial charge in [-0.25, -0.2) is 56.3 Å². The first-order valence-electron chi connectivity index (χ1n) is 32.5. The van der Waals surface area contributed by atoms with E-state index in [2.05, 4.69) is 30.4 Å². The van der Waals surface area contributed by atoms with Crippen LogP contribution in [0.15, 0.2) is 178 Å². The number of anilines is 2. The zero-order chi connectivity index (χ0) is 73.2. The number of carbonyl (C=O) groups is 6. The molecule has 8 aromatic rings. The molecule has 6 aliphatic heterocycles. The number of aliphatic imine (C=N–C) groups is 2. The minimum atomic E-state index is -1.31. The van der Waals surface area contributed by atoms with Crippen molar-refractivity contribution in [2.24, 2.45) is 17.0 Å². The summed E-state index contributed by atoms with van der Waals surface area (Å²) < 4.78 is 81.5. The highest BCUT2D eigenvalue weighted by atomic mass is 35.5. The van der Waals surface area contributed by atoms with Crippen LogP contribution in [0.2, 0.25) is 10.0 Å². The van der Waals surface area contributed by atoms with Crippen molar-refractivity contribution in [3.8, 4) is 23.0 Å². The third kappa shape index (κ3) is 15.2. The second-order valence-electron chi connectivity index (χ2n) is 24.6. The molecule has 0 aliphatic carbocycles. The average molecular weight is 1480 g/mol. The Labute approximate surface area is 605 Å². The summed E-state index contributed by atoms with van der Waals surface area (Å²) in [6.07, 6.45) is 5.05. The molecule has 0 bridgehead atoms. The van der Waals surface area contributed by atoms with E-state index in [0.717, 1.165) is 30.3 Å². The van der Waals surface area contributed by atoms with Gasteiger partial charge in [0, 0.05) is 147 Å². The number of urea groups is 2. The predicted molar refractivity (Wildman–Crippen MR) is 375 cm³/mol. The van der Waals surface area contributed by atoms with E-state index in [1.165, 1.54) is 77.9 Å². The molecular formula is C72H63Cl2F4N13O12S. The summed E-state index contributed by atoms with van der Waals surface area (Å²) in [5.74, 6) is -4.29. The Morgan fingerprint density at radius 3 is 1.68 bits per heavy atom. The molecule has 4 amide bonds. The number of imidazole rings is 1. The molecule has 8 heterocycles. The Balaban J connectivity index is 0.000000185. The average Bonchev–Trinajstić information content (AvgIpc) is 0.841. The molecule has 6 aliphatic rings. The minimum Gasteiger partial charge on any atom is -0.478 e. The Hall–Kier alpha value is -11.2. The summed E-state index contributed by atoms with van der Waals surface area (Å²) in [6, 6.07) is 25.1. The number of halogens is 6. The molecule has 0 spiro atoms. The van der Waals surface area contributed by atoms with Gasteiger partial charge >= 0.3 is 35.9 Å². The van der Waals surface area contributed by atoms with Gasteiger partial charge in [0.2, 0.25) is 0 Å². The number of methoxy groups -OCH3 is 1. The van der Waals surface area contributed by atoms with E-state index in [4.69, 9.17) is 62.3 Å². The molecule has 536 valence electrons. The maximum Gasteiger partial charge on any atom is 0.338 e. The fraction of sp³-hybridized carbons (Fsp3) is 0.250. The summed E-state index contributed by atoms with van der Waals surface area (Å²) >= 11 is 14.4. The highest BCUT2D eigenvalue weighted by molar-refractivity contribution is 7.11. The standard InChI is InChI=1S/C36H30ClF3N6O6S.C36H33ClFN7O6/c1-2-51-35(49)30-28(42-32(33-41-7-10-53-33)43-31(30)25-5-4-20(38)14-26(25)37)18-44-8-9-45-23(16-44)17-46(36(45)50)22-12-21(39)13-24(15-22)52-29-6-3-19(34(47)48)11-27(29)40;1-42-14-13-39-33(42)32-40-29(30(35(48)50-2)31(41-32)27-12-5-22(38)17-28(27)37)20-43-15-16-44-24(18-43)19-45(36(44)49)23-6-10-26(11-7-23)51-25-8-3-21(4-9-25)34(46)47/h3-7,10-15,23,31H,2,8-9,16-18H2,1H3,(H,42,43)(H,47,48);3-14,17,24,31H,15-16,18-20H2,1-2H3,(H,40,41)(H,46,47)/t23-,31-;24-,31-/m00/s1. The van der Waals surface area contributed by atoms with Crippen LogP contribution in [-0.4, -0.2) is 183 Å². The van der Waals surface area contributed by atoms with Gasteiger partial charge in [0.1, 0.15) is 46.8 Å². The van der Waals surface area contributed by atoms with Gasteiger partial charge in [-0.3, -0.25) is 29.6 Å². The number of hydrogen-bond donors (Lipinski definition) is 4. The van der Waals surface area contributed by atoms with Crippen LogP contribution >= 0.6 is 34.5 Å². The lowest BCUT2D eigenvalue weighted by Gasteiger charge is -2.38. The molecule has 0 unspecified atom stereocenters. The predicted octanol–water partition coefficient (Wildman–Crippen LogP) is 11.1. The smallest absolute Gasteiger partial charge is 0.338 e. The first-order chi connectivity index (χ1) is 50.1. The van der Waals surface area contributed by atoms with Crippen molar-refractivity contribution in [1.82, 2.24) is 44.8 Å². The van der Waals surface area contributed by atoms with Crippen LogP contribution in [0.25, 0.3) is 0 Å². The van der Waals surface area contributed by atoms with Crippen LogP contribution in [0.4, 0.5) is 38.5 Å². The maximum absolute atomic E-state index is 14.9. The third-order valence-corrected chi connectivity index (χ3v) is 19.5. The highest BCUT2D eigenvalue weighted by Crippen LogP contribution is 2.41. The van der Waals surface area contributed by atoms with Crippen LogP contribution < -0.4 is 29.9 Å². The molecule has 6 aromatic carbocycles. The zero-order valence-electron chi connectivity index (χ0n) is 55.5. The molecule has 32 heteroatoms. The summed E-state index contributed by atoms with van der Waals surface area (Å²) in [5.41, 5.74) is 3.13. The Morgan fingerprint density at radius 1 is 0.596 bits per heavy atom. The molecule has 4 saturated heterocycles. The number of carboxylic acids is 2. The first kappa shape index (κ1) is 71.2. The monoisotopic (exact) mass is 1480 g/mol. The lowest BCUT2D eigenvalue weighted by Crippen LogP contribution is -2.53. The van der Waals surface area contributed by atoms with Crippen molar-refractivity contribution in [2.75, 3.05) is 89.0 Å². The summed E-state index contributed by atoms with van der Waals surface area (Å²) in [6.45, 7) is 5.63. The number of nitrogens with zero attached hydrogens (tertiary/aromatic N) is 11. The molecule has 4 fully saturated rings. The lowest BCUT2D eigenvalue weighted by atomic mass is 9.95. The number of amides is 4. The van der Waals surface area contributed by atoms with Crippen LogP contribution in [0.1, 0.15) is 61.7 Å². The SMILES string of the molecule is CCOC(=O)C1=C(CN2CCN3C(=O)N(c4cc(F)cc(Oc5ccc(C(=O)O)cc5F)c4)C[C@@H]3C2)NC(c2nccs2)=N[C@H]1c1ccc(F)cc1Cl.COC(=O)C1=C(CN2CCN3C(=O)N(c4ccc(Oc5ccc(C(=O)O)cc5)cc4)C[C@@H]3C2)NC(c2nccn2C)=N[C@H]1c1ccc(F)cc1Cl. The van der Waals surface area contributed by atoms with E-state index >= 15 is 0 Å². The fourth-order valence-electron chi connectivity index (χ4n) is 13.1. The van der Waals surface area contributed by atoms with Gasteiger partial charge in [0.05, 0.1) is 53.8 Å². The highest BCUT2D eigenvalue weighted by Gasteiger charge is 2.45. The Bertz CT molecular complexity index is 4830. The third-order valence-electron chi connectivity index (χ3n) is 18.0. The molecule has 0 saturated carbocycles. The van der Waals surface area contributed by atoms with Gasteiger partial charge in [-0.2, -0.15) is 0 Å². The number of aromatic nitrogens is 3. The number of carbonyl (C=O) groups excluding carboxylic acids is 4. The van der Waals surface area contributed by atoms with E-state index in [0.29, 0.717) is 115 Å². The van der Waals surface area contributed by atoms with Crippen LogP contribution in [-0.2, 0) is 26.1 Å². The summed E-state index contributed by atoms with van der Waals surface area (Å²) in [5, 5.41) is 27.4. The van der Waals surface area contributed by atoms with E-state index < -0.39 is 59.2 Å². The largest absolute Gasteiger partial charge is 0.478 e. The molecule has 25 nitrogen and oxygen atoms in total. The van der Waals surface area contributed by atoms with Crippen molar-refractivity contribution >= 4 is 93.5 Å². The van der Waals surface area contributed by atoms with Gasteiger partial charge < -0.3 is 54.2 Å². The number of nitrogens with one attached hydrogen (secondary N) is 2. The number of hydrogen-bond acceptors (Lipinski definition) is 19. The van der Waals surface area contributed by atoms with Gasteiger partial charge in [-0.15, -0.1) is 11.3 Å². The van der Waals surface area contributed by atoms with Gasteiger partial charge in [-0.1, -0.05) is 35.3 Å². The summed E-state index contributed by atoms with van der Waals surface area (Å²) in [4.78, 5) is 106. The van der Waals surface area contributed by atoms with E-state index in [9.17, 15) is 46.3 Å². The lowest BCUT2D eigenvalue weighted by molar-refractivity contribution is -0.139. The van der Waals surface area contributed by atoms with Gasteiger partial charge in [-0.05, 0) is 104 Å². The first-order valence-corrected chi connectivity index (χ1v) is 34.1. The van der Waals surface area contributed by atoms with Crippen molar-refractivity contribution in [3.63, 3.8) is 0 Å². The maximum atomic E-state index is 14.9. The van der Waals surface area contributed by atoms with Gasteiger partial charge in [0.25, 0.3) is 0 Å². The second-order valence-corrected chi connectivity index (χ2v) is 26.3. The summed E-state index contributed by atoms with van der Waals surface area (Å²) in [7, 11) is 3.12. The molecular weight excluding hydrogens is 1420 g/mol. The van der Waals surface area contributed by atoms with Crippen molar-refractivity contribution < 1.29 is 75.5 Å². The normalized spacial score (nSPS) is 18.9. The fourth-order valence-corrected chi connectivity index (χ4v) is 14.2. The number of aromatic carboxylic acids is 2. The molecule has 2 aromatic heterocycles. The van der Waals surface area contributed by atoms with Crippen LogP contribution in [0.3, 0.4) is 0 Å². The number of fused-ring (bicyclic) bond motifs is 2. The number of benzene rings is 6. The van der Waals surface area contributed by atoms with Gasteiger partial charge in [0.15, 0.2) is 34.1 Å². The molecule has 4 atom stereocenters. The molecule has 4 N–H and O–H groups in total. The van der Waals surface area contributed by atoms with Crippen molar-refractivity contribution in [3.05, 3.63) is 234 Å².